The van der Waals surface area contributed by atoms with Crippen LogP contribution in [0, 0.1) is 11.3 Å². The SMILES string of the molecule is CN(CCc1cccc(OCCN2CC3(CCCOC3)C2)c1)C(=O)CCCOc1ccc2c(c1)C1(CC2)CCC(C(=O)O)CC1. The molecule has 2 heterocycles. The Bertz CT molecular complexity index is 1320. The third-order valence-corrected chi connectivity index (χ3v) is 10.9. The number of aryl methyl sites for hydroxylation is 1. The van der Waals surface area contributed by atoms with E-state index in [1.165, 1.54) is 29.5 Å². The summed E-state index contributed by atoms with van der Waals surface area (Å²) in [4.78, 5) is 28.5. The molecule has 8 nitrogen and oxygen atoms in total. The van der Waals surface area contributed by atoms with E-state index in [0.29, 0.717) is 38.0 Å². The van der Waals surface area contributed by atoms with Crippen LogP contribution in [0.2, 0.25) is 0 Å². The second-order valence-corrected chi connectivity index (χ2v) is 14.1. The van der Waals surface area contributed by atoms with Crippen LogP contribution < -0.4 is 9.47 Å². The van der Waals surface area contributed by atoms with Gasteiger partial charge in [-0.05, 0) is 111 Å². The van der Waals surface area contributed by atoms with E-state index in [0.717, 1.165) is 89.3 Å². The summed E-state index contributed by atoms with van der Waals surface area (Å²) in [6.07, 6.45) is 9.92. The van der Waals surface area contributed by atoms with E-state index < -0.39 is 5.97 Å². The molecule has 244 valence electrons. The predicted octanol–water partition coefficient (Wildman–Crippen LogP) is 5.50. The van der Waals surface area contributed by atoms with E-state index in [4.69, 9.17) is 14.2 Å². The van der Waals surface area contributed by atoms with E-state index in [1.54, 1.807) is 0 Å². The second kappa shape index (κ2) is 14.1. The largest absolute Gasteiger partial charge is 0.494 e. The molecule has 8 heteroatoms. The first-order valence-corrected chi connectivity index (χ1v) is 17.1. The van der Waals surface area contributed by atoms with E-state index in [1.807, 2.05) is 30.1 Å². The highest BCUT2D eigenvalue weighted by atomic mass is 16.5. The van der Waals surface area contributed by atoms with Crippen molar-refractivity contribution in [3.05, 3.63) is 59.2 Å². The maximum atomic E-state index is 12.8. The average molecular weight is 619 g/mol. The maximum Gasteiger partial charge on any atom is 0.306 e. The fourth-order valence-electron chi connectivity index (χ4n) is 8.13. The first-order valence-electron chi connectivity index (χ1n) is 17.1. The molecule has 2 saturated heterocycles. The van der Waals surface area contributed by atoms with Crippen molar-refractivity contribution < 1.29 is 28.9 Å². The molecule has 4 aliphatic rings. The van der Waals surface area contributed by atoms with Crippen LogP contribution in [0.5, 0.6) is 11.5 Å². The highest BCUT2D eigenvalue weighted by Gasteiger charge is 2.44. The van der Waals surface area contributed by atoms with Gasteiger partial charge in [0.2, 0.25) is 5.91 Å². The van der Waals surface area contributed by atoms with Crippen molar-refractivity contribution in [1.82, 2.24) is 9.80 Å². The minimum absolute atomic E-state index is 0.105. The van der Waals surface area contributed by atoms with Crippen LogP contribution in [0.25, 0.3) is 0 Å². The number of nitrogens with zero attached hydrogens (tertiary/aromatic N) is 2. The van der Waals surface area contributed by atoms with Crippen LogP contribution in [-0.2, 0) is 32.6 Å². The molecule has 0 unspecified atom stereocenters. The monoisotopic (exact) mass is 618 g/mol. The standard InChI is InChI=1S/C37H50N2O6/c1-38(18-13-28-5-2-6-31(23-28)45-22-19-39-25-36(26-39)14-4-20-43-27-36)34(40)7-3-21-44-32-9-8-29-10-15-37(33(29)24-32)16-11-30(12-17-37)35(41)42/h2,5-6,8-9,23-24,30H,3-4,7,10-22,25-27H2,1H3,(H,41,42). The molecule has 2 aliphatic heterocycles. The number of hydrogen-bond acceptors (Lipinski definition) is 6. The molecule has 3 fully saturated rings. The summed E-state index contributed by atoms with van der Waals surface area (Å²) in [6.45, 7) is 6.85. The van der Waals surface area contributed by atoms with Gasteiger partial charge in [-0.25, -0.2) is 0 Å². The quantitative estimate of drug-likeness (QED) is 0.297. The number of carbonyl (C=O) groups is 2. The van der Waals surface area contributed by atoms with Crippen LogP contribution in [0.4, 0.5) is 0 Å². The summed E-state index contributed by atoms with van der Waals surface area (Å²) in [5.74, 6) is 1.01. The van der Waals surface area contributed by atoms with Gasteiger partial charge in [0.1, 0.15) is 18.1 Å². The molecule has 0 atom stereocenters. The Balaban J connectivity index is 0.878. The van der Waals surface area contributed by atoms with Crippen LogP contribution >= 0.6 is 0 Å². The lowest BCUT2D eigenvalue weighted by Crippen LogP contribution is -2.60. The van der Waals surface area contributed by atoms with Crippen molar-refractivity contribution in [3.63, 3.8) is 0 Å². The first kappa shape index (κ1) is 31.9. The number of carboxylic acids is 1. The van der Waals surface area contributed by atoms with Gasteiger partial charge in [0, 0.05) is 51.7 Å². The predicted molar refractivity (Wildman–Crippen MR) is 173 cm³/mol. The van der Waals surface area contributed by atoms with Gasteiger partial charge < -0.3 is 24.2 Å². The lowest BCUT2D eigenvalue weighted by molar-refractivity contribution is -0.143. The van der Waals surface area contributed by atoms with Gasteiger partial charge in [-0.15, -0.1) is 0 Å². The van der Waals surface area contributed by atoms with Crippen LogP contribution in [0.15, 0.2) is 42.5 Å². The Kier molecular flexibility index (Phi) is 10.0. The number of hydrogen-bond donors (Lipinski definition) is 1. The highest BCUT2D eigenvalue weighted by molar-refractivity contribution is 5.75. The molecule has 45 heavy (non-hydrogen) atoms. The normalized spacial score (nSPS) is 23.8. The smallest absolute Gasteiger partial charge is 0.306 e. The van der Waals surface area contributed by atoms with E-state index >= 15 is 0 Å². The highest BCUT2D eigenvalue weighted by Crippen LogP contribution is 2.50. The number of fused-ring (bicyclic) bond motifs is 2. The molecule has 2 aliphatic carbocycles. The topological polar surface area (TPSA) is 88.5 Å². The molecule has 2 aromatic rings. The molecule has 2 aromatic carbocycles. The van der Waals surface area contributed by atoms with E-state index in [2.05, 4.69) is 29.2 Å². The number of likely N-dealkylation sites (tertiary alicyclic amines) is 1. The van der Waals surface area contributed by atoms with Crippen molar-refractivity contribution >= 4 is 11.9 Å². The van der Waals surface area contributed by atoms with Gasteiger partial charge in [-0.1, -0.05) is 18.2 Å². The zero-order valence-corrected chi connectivity index (χ0v) is 26.9. The van der Waals surface area contributed by atoms with Crippen molar-refractivity contribution in [2.75, 3.05) is 59.7 Å². The minimum atomic E-state index is -0.656. The molecule has 1 amide bonds. The molecular formula is C37H50N2O6. The van der Waals surface area contributed by atoms with Gasteiger partial charge in [0.15, 0.2) is 0 Å². The summed E-state index contributed by atoms with van der Waals surface area (Å²) in [7, 11) is 1.87. The maximum absolute atomic E-state index is 12.8. The summed E-state index contributed by atoms with van der Waals surface area (Å²) in [5.41, 5.74) is 4.40. The Hall–Kier alpha value is -3.10. The number of rotatable bonds is 13. The fourth-order valence-corrected chi connectivity index (χ4v) is 8.13. The zero-order chi connectivity index (χ0) is 31.3. The minimum Gasteiger partial charge on any atom is -0.494 e. The van der Waals surface area contributed by atoms with Crippen LogP contribution in [-0.4, -0.2) is 86.4 Å². The Morgan fingerprint density at radius 1 is 1.02 bits per heavy atom. The molecule has 1 saturated carbocycles. The number of aliphatic carboxylic acids is 1. The van der Waals surface area contributed by atoms with Crippen LogP contribution in [0.3, 0.4) is 0 Å². The van der Waals surface area contributed by atoms with Gasteiger partial charge in [0.25, 0.3) is 0 Å². The summed E-state index contributed by atoms with van der Waals surface area (Å²) in [5, 5.41) is 9.42. The van der Waals surface area contributed by atoms with Gasteiger partial charge >= 0.3 is 5.97 Å². The lowest BCUT2D eigenvalue weighted by Gasteiger charge is -2.52. The molecule has 0 aromatic heterocycles. The fraction of sp³-hybridized carbons (Fsp3) is 0.622. The number of amides is 1. The van der Waals surface area contributed by atoms with Gasteiger partial charge in [0.05, 0.1) is 19.1 Å². The lowest BCUT2D eigenvalue weighted by atomic mass is 9.67. The first-order chi connectivity index (χ1) is 21.8. The van der Waals surface area contributed by atoms with Crippen molar-refractivity contribution in [1.29, 1.82) is 0 Å². The molecule has 1 N–H and O–H groups in total. The summed E-state index contributed by atoms with van der Waals surface area (Å²) >= 11 is 0. The molecular weight excluding hydrogens is 568 g/mol. The zero-order valence-electron chi connectivity index (χ0n) is 26.9. The van der Waals surface area contributed by atoms with Gasteiger partial charge in [-0.3, -0.25) is 14.5 Å². The average Bonchev–Trinajstić information content (AvgIpc) is 3.38. The van der Waals surface area contributed by atoms with Gasteiger partial charge in [-0.2, -0.15) is 0 Å². The molecule has 0 bridgehead atoms. The van der Waals surface area contributed by atoms with E-state index in [9.17, 15) is 14.7 Å². The van der Waals surface area contributed by atoms with E-state index in [-0.39, 0.29) is 17.2 Å². The Morgan fingerprint density at radius 3 is 2.60 bits per heavy atom. The Morgan fingerprint density at radius 2 is 1.82 bits per heavy atom. The molecule has 6 rings (SSSR count). The second-order valence-electron chi connectivity index (χ2n) is 14.1. The third-order valence-electron chi connectivity index (χ3n) is 10.9. The van der Waals surface area contributed by atoms with Crippen molar-refractivity contribution in [2.45, 2.75) is 76.0 Å². The Labute approximate surface area is 268 Å². The van der Waals surface area contributed by atoms with Crippen molar-refractivity contribution in [3.8, 4) is 11.5 Å². The third kappa shape index (κ3) is 7.66. The number of likely N-dealkylation sites (N-methyl/N-ethyl adjacent to an activating group) is 1. The summed E-state index contributed by atoms with van der Waals surface area (Å²) in [6, 6.07) is 14.6. The summed E-state index contributed by atoms with van der Waals surface area (Å²) < 4.78 is 17.9. The van der Waals surface area contributed by atoms with Crippen LogP contribution in [0.1, 0.15) is 74.5 Å². The number of benzene rings is 2. The number of carboxylic acid groups (broad SMARTS) is 1. The van der Waals surface area contributed by atoms with Crippen molar-refractivity contribution in [2.24, 2.45) is 11.3 Å². The number of ether oxygens (including phenoxy) is 3. The molecule has 0 radical (unpaired) electrons. The number of carbonyl (C=O) groups excluding carboxylic acids is 1. The molecule has 2 spiro atoms.